The normalized spacial score (nSPS) is 25.2. The van der Waals surface area contributed by atoms with Gasteiger partial charge in [0.2, 0.25) is 5.91 Å². The van der Waals surface area contributed by atoms with Crippen LogP contribution in [0.25, 0.3) is 10.9 Å². The number of piperazine rings is 1. The number of nitrogens with zero attached hydrogens (tertiary/aromatic N) is 2. The van der Waals surface area contributed by atoms with E-state index in [0.29, 0.717) is 6.42 Å². The largest absolute Gasteiger partial charge is 0.356 e. The number of nitrogens with two attached hydrogens (primary N) is 1. The highest BCUT2D eigenvalue weighted by molar-refractivity contribution is 5.96. The van der Waals surface area contributed by atoms with Crippen LogP contribution in [0.2, 0.25) is 0 Å². The number of aromatic amines is 1. The Hall–Kier alpha value is -2.34. The number of rotatable bonds is 0. The molecule has 2 aromatic rings. The summed E-state index contributed by atoms with van der Waals surface area (Å²) in [6.45, 7) is 1.91. The highest BCUT2D eigenvalue weighted by Gasteiger charge is 2.45. The Morgan fingerprint density at radius 2 is 2.05 bits per heavy atom. The van der Waals surface area contributed by atoms with Crippen molar-refractivity contribution in [2.24, 2.45) is 5.84 Å². The molecule has 1 saturated heterocycles. The lowest BCUT2D eigenvalue weighted by Gasteiger charge is -2.44. The quantitative estimate of drug-likeness (QED) is 0.552. The van der Waals surface area contributed by atoms with E-state index in [1.165, 1.54) is 0 Å². The predicted molar refractivity (Wildman–Crippen MR) is 77.0 cm³/mol. The van der Waals surface area contributed by atoms with Crippen molar-refractivity contribution < 1.29 is 9.59 Å². The molecule has 2 aliphatic rings. The predicted octanol–water partition coefficient (Wildman–Crippen LogP) is 0.698. The fraction of sp³-hybridized carbons (Fsp3) is 0.333. The van der Waals surface area contributed by atoms with E-state index in [-0.39, 0.29) is 24.4 Å². The molecule has 3 heterocycles. The maximum Gasteiger partial charge on any atom is 0.260 e. The molecule has 4 rings (SSSR count). The molecule has 2 atom stereocenters. The Morgan fingerprint density at radius 3 is 2.86 bits per heavy atom. The molecule has 3 N–H and O–H groups in total. The molecule has 0 unspecified atom stereocenters. The van der Waals surface area contributed by atoms with Gasteiger partial charge >= 0.3 is 0 Å². The fourth-order valence-electron chi connectivity index (χ4n) is 3.59. The zero-order chi connectivity index (χ0) is 14.7. The van der Waals surface area contributed by atoms with Gasteiger partial charge in [-0.05, 0) is 18.6 Å². The van der Waals surface area contributed by atoms with Crippen LogP contribution in [0.3, 0.4) is 0 Å². The van der Waals surface area contributed by atoms with Crippen LogP contribution in [0, 0.1) is 0 Å². The number of fused-ring (bicyclic) bond motifs is 4. The molecule has 0 radical (unpaired) electrons. The summed E-state index contributed by atoms with van der Waals surface area (Å²) in [4.78, 5) is 29.6. The molecule has 6 nitrogen and oxygen atoms in total. The first-order chi connectivity index (χ1) is 10.1. The van der Waals surface area contributed by atoms with E-state index >= 15 is 0 Å². The first-order valence-electron chi connectivity index (χ1n) is 7.04. The van der Waals surface area contributed by atoms with Crippen LogP contribution >= 0.6 is 0 Å². The van der Waals surface area contributed by atoms with Gasteiger partial charge in [-0.15, -0.1) is 0 Å². The van der Waals surface area contributed by atoms with Crippen LogP contribution < -0.4 is 5.84 Å². The summed E-state index contributed by atoms with van der Waals surface area (Å²) in [5.74, 6) is 5.38. The fourth-order valence-corrected chi connectivity index (χ4v) is 3.59. The molecule has 1 aromatic heterocycles. The first-order valence-corrected chi connectivity index (χ1v) is 7.04. The summed E-state index contributed by atoms with van der Waals surface area (Å²) >= 11 is 0. The number of nitrogens with one attached hydrogen (secondary N) is 1. The second-order valence-corrected chi connectivity index (χ2v) is 5.73. The van der Waals surface area contributed by atoms with Gasteiger partial charge in [0, 0.05) is 23.0 Å². The SMILES string of the molecule is C[C@@H]1c2[nH]c3ccccc3c2C[C@H]2C(=O)N(N)CC(=O)N12. The van der Waals surface area contributed by atoms with E-state index in [9.17, 15) is 9.59 Å². The Kier molecular flexibility index (Phi) is 2.41. The summed E-state index contributed by atoms with van der Waals surface area (Å²) in [6, 6.07) is 7.38. The molecule has 1 fully saturated rings. The van der Waals surface area contributed by atoms with Gasteiger partial charge in [-0.2, -0.15) is 0 Å². The topological polar surface area (TPSA) is 82.4 Å². The van der Waals surface area contributed by atoms with Crippen molar-refractivity contribution >= 4 is 22.7 Å². The number of aromatic nitrogens is 1. The van der Waals surface area contributed by atoms with Crippen molar-refractivity contribution in [2.45, 2.75) is 25.4 Å². The molecule has 0 spiro atoms. The molecule has 6 heteroatoms. The third kappa shape index (κ3) is 1.56. The number of para-hydroxylation sites is 1. The molecule has 2 aliphatic heterocycles. The maximum atomic E-state index is 12.3. The van der Waals surface area contributed by atoms with E-state index < -0.39 is 6.04 Å². The van der Waals surface area contributed by atoms with E-state index in [1.807, 2.05) is 31.2 Å². The van der Waals surface area contributed by atoms with Crippen LogP contribution in [-0.2, 0) is 16.0 Å². The highest BCUT2D eigenvalue weighted by atomic mass is 16.2. The van der Waals surface area contributed by atoms with Crippen molar-refractivity contribution in [3.8, 4) is 0 Å². The second-order valence-electron chi connectivity index (χ2n) is 5.73. The minimum Gasteiger partial charge on any atom is -0.356 e. The molecular formula is C15H16N4O2. The van der Waals surface area contributed by atoms with Crippen molar-refractivity contribution in [3.05, 3.63) is 35.5 Å². The molecule has 0 aliphatic carbocycles. The number of carbonyl (C=O) groups excluding carboxylic acids is 2. The number of H-pyrrole nitrogens is 1. The lowest BCUT2D eigenvalue weighted by molar-refractivity contribution is -0.159. The van der Waals surface area contributed by atoms with E-state index in [1.54, 1.807) is 4.90 Å². The molecule has 0 saturated carbocycles. The van der Waals surface area contributed by atoms with Crippen LogP contribution in [-0.4, -0.2) is 39.3 Å². The Labute approximate surface area is 121 Å². The zero-order valence-electron chi connectivity index (χ0n) is 11.7. The summed E-state index contributed by atoms with van der Waals surface area (Å²) in [6.07, 6.45) is 0.516. The lowest BCUT2D eigenvalue weighted by atomic mass is 9.90. The van der Waals surface area contributed by atoms with Gasteiger partial charge in [-0.1, -0.05) is 18.2 Å². The number of carbonyl (C=O) groups is 2. The first kappa shape index (κ1) is 12.4. The molecule has 108 valence electrons. The molecule has 1 aromatic carbocycles. The average molecular weight is 284 g/mol. The number of amides is 2. The summed E-state index contributed by atoms with van der Waals surface area (Å²) in [5.41, 5.74) is 3.19. The highest BCUT2D eigenvalue weighted by Crippen LogP contribution is 2.38. The van der Waals surface area contributed by atoms with Gasteiger partial charge in [0.05, 0.1) is 6.04 Å². The van der Waals surface area contributed by atoms with Crippen LogP contribution in [0.4, 0.5) is 0 Å². The standard InChI is InChI=1S/C15H16N4O2/c1-8-14-10(9-4-2-3-5-11(9)17-14)6-12-15(21)18(16)7-13(20)19(8)12/h2-5,8,12,17H,6-7,16H2,1H3/t8-,12+/m1/s1. The third-order valence-corrected chi connectivity index (χ3v) is 4.58. The van der Waals surface area contributed by atoms with Crippen LogP contribution in [0.1, 0.15) is 24.2 Å². The van der Waals surface area contributed by atoms with Crippen molar-refractivity contribution in [3.63, 3.8) is 0 Å². The molecule has 2 amide bonds. The number of benzene rings is 1. The van der Waals surface area contributed by atoms with Gasteiger partial charge in [0.15, 0.2) is 0 Å². The third-order valence-electron chi connectivity index (χ3n) is 4.58. The molecule has 21 heavy (non-hydrogen) atoms. The Bertz CT molecular complexity index is 766. The van der Waals surface area contributed by atoms with Gasteiger partial charge in [0.25, 0.3) is 5.91 Å². The van der Waals surface area contributed by atoms with E-state index in [0.717, 1.165) is 27.2 Å². The summed E-state index contributed by atoms with van der Waals surface area (Å²) in [7, 11) is 0. The number of hydrogen-bond donors (Lipinski definition) is 2. The minimum absolute atomic E-state index is 0.0464. The summed E-state index contributed by atoms with van der Waals surface area (Å²) in [5, 5.41) is 2.16. The van der Waals surface area contributed by atoms with Gasteiger partial charge in [-0.3, -0.25) is 14.6 Å². The summed E-state index contributed by atoms with van der Waals surface area (Å²) < 4.78 is 0. The van der Waals surface area contributed by atoms with Crippen LogP contribution in [0.15, 0.2) is 24.3 Å². The molecule has 0 bridgehead atoms. The lowest BCUT2D eigenvalue weighted by Crippen LogP contribution is -2.64. The minimum atomic E-state index is -0.488. The Balaban J connectivity index is 1.90. The Morgan fingerprint density at radius 1 is 1.29 bits per heavy atom. The van der Waals surface area contributed by atoms with E-state index in [2.05, 4.69) is 4.98 Å². The number of hydrazine groups is 1. The number of hydrogen-bond acceptors (Lipinski definition) is 3. The van der Waals surface area contributed by atoms with Gasteiger partial charge in [-0.25, -0.2) is 5.84 Å². The van der Waals surface area contributed by atoms with Crippen molar-refractivity contribution in [1.82, 2.24) is 14.9 Å². The van der Waals surface area contributed by atoms with Crippen molar-refractivity contribution in [1.29, 1.82) is 0 Å². The van der Waals surface area contributed by atoms with Crippen LogP contribution in [0.5, 0.6) is 0 Å². The molecular weight excluding hydrogens is 268 g/mol. The maximum absolute atomic E-state index is 12.3. The zero-order valence-corrected chi connectivity index (χ0v) is 11.7. The van der Waals surface area contributed by atoms with Crippen molar-refractivity contribution in [2.75, 3.05) is 6.54 Å². The van der Waals surface area contributed by atoms with Gasteiger partial charge in [0.1, 0.15) is 12.6 Å². The van der Waals surface area contributed by atoms with E-state index in [4.69, 9.17) is 5.84 Å². The second kappa shape index (κ2) is 4.08. The van der Waals surface area contributed by atoms with Gasteiger partial charge < -0.3 is 9.88 Å². The average Bonchev–Trinajstić information content (AvgIpc) is 2.84. The monoisotopic (exact) mass is 284 g/mol. The smallest absolute Gasteiger partial charge is 0.260 e.